The van der Waals surface area contributed by atoms with E-state index in [1.807, 2.05) is 36.9 Å². The Morgan fingerprint density at radius 2 is 2.22 bits per heavy atom. The van der Waals surface area contributed by atoms with Crippen LogP contribution in [0, 0.1) is 0 Å². The number of rotatable bonds is 6. The van der Waals surface area contributed by atoms with Crippen LogP contribution >= 0.6 is 0 Å². The summed E-state index contributed by atoms with van der Waals surface area (Å²) in [5.74, 6) is 0.965. The SMILES string of the molecule is CN(C)CCn1c2c(ccc1=O)C[C@@H](NCc1ccco1)CC2. The third-order valence-corrected chi connectivity index (χ3v) is 4.50. The molecule has 5 heteroatoms. The van der Waals surface area contributed by atoms with Crippen LogP contribution in [0.1, 0.15) is 23.4 Å². The van der Waals surface area contributed by atoms with Gasteiger partial charge in [0, 0.05) is 30.9 Å². The topological polar surface area (TPSA) is 50.4 Å². The lowest BCUT2D eigenvalue weighted by molar-refractivity contribution is 0.368. The highest BCUT2D eigenvalue weighted by Gasteiger charge is 2.21. The fourth-order valence-corrected chi connectivity index (χ4v) is 3.20. The molecule has 0 aromatic carbocycles. The van der Waals surface area contributed by atoms with Crippen molar-refractivity contribution in [3.63, 3.8) is 0 Å². The molecule has 5 nitrogen and oxygen atoms in total. The Morgan fingerprint density at radius 1 is 1.35 bits per heavy atom. The second-order valence-electron chi connectivity index (χ2n) is 6.50. The predicted molar refractivity (Wildman–Crippen MR) is 90.6 cm³/mol. The molecule has 1 atom stereocenters. The monoisotopic (exact) mass is 315 g/mol. The number of nitrogens with zero attached hydrogens (tertiary/aromatic N) is 2. The Bertz CT molecular complexity index is 689. The normalized spacial score (nSPS) is 17.4. The third-order valence-electron chi connectivity index (χ3n) is 4.50. The summed E-state index contributed by atoms with van der Waals surface area (Å²) < 4.78 is 7.33. The van der Waals surface area contributed by atoms with Crippen molar-refractivity contribution in [3.8, 4) is 0 Å². The van der Waals surface area contributed by atoms with Crippen LogP contribution in [0.3, 0.4) is 0 Å². The second kappa shape index (κ2) is 7.15. The summed E-state index contributed by atoms with van der Waals surface area (Å²) in [6.45, 7) is 2.41. The largest absolute Gasteiger partial charge is 0.468 e. The number of hydrogen-bond acceptors (Lipinski definition) is 4. The van der Waals surface area contributed by atoms with Gasteiger partial charge in [0.2, 0.25) is 0 Å². The van der Waals surface area contributed by atoms with Gasteiger partial charge in [-0.3, -0.25) is 4.79 Å². The summed E-state index contributed by atoms with van der Waals surface area (Å²) in [6.07, 6.45) is 4.68. The van der Waals surface area contributed by atoms with Crippen molar-refractivity contribution in [1.29, 1.82) is 0 Å². The number of furan rings is 1. The molecule has 124 valence electrons. The summed E-state index contributed by atoms with van der Waals surface area (Å²) in [5, 5.41) is 3.56. The first-order chi connectivity index (χ1) is 11.1. The maximum atomic E-state index is 12.2. The molecular weight excluding hydrogens is 290 g/mol. The molecule has 0 unspecified atom stereocenters. The molecule has 3 rings (SSSR count). The summed E-state index contributed by atoms with van der Waals surface area (Å²) in [7, 11) is 4.07. The Kier molecular flexibility index (Phi) is 4.98. The molecular formula is C18H25N3O2. The number of aromatic nitrogens is 1. The van der Waals surface area contributed by atoms with Crippen molar-refractivity contribution in [1.82, 2.24) is 14.8 Å². The maximum Gasteiger partial charge on any atom is 0.250 e. The average molecular weight is 315 g/mol. The fraction of sp³-hybridized carbons (Fsp3) is 0.500. The first-order valence-electron chi connectivity index (χ1n) is 8.25. The smallest absolute Gasteiger partial charge is 0.250 e. The molecule has 0 spiro atoms. The van der Waals surface area contributed by atoms with Crippen LogP contribution in [0.4, 0.5) is 0 Å². The lowest BCUT2D eigenvalue weighted by Crippen LogP contribution is -2.37. The molecule has 2 aromatic heterocycles. The van der Waals surface area contributed by atoms with Gasteiger partial charge in [-0.1, -0.05) is 6.07 Å². The highest BCUT2D eigenvalue weighted by molar-refractivity contribution is 5.25. The zero-order valence-corrected chi connectivity index (χ0v) is 13.9. The molecule has 0 radical (unpaired) electrons. The quantitative estimate of drug-likeness (QED) is 0.881. The van der Waals surface area contributed by atoms with E-state index in [4.69, 9.17) is 4.42 Å². The molecule has 2 aromatic rings. The standard InChI is InChI=1S/C18H25N3O2/c1-20(2)9-10-21-17-7-6-15(12-14(17)5-8-18(21)22)19-13-16-4-3-11-23-16/h3-5,8,11,15,19H,6-7,9-10,12-13H2,1-2H3/t15-/m0/s1. The van der Waals surface area contributed by atoms with Gasteiger partial charge in [-0.2, -0.15) is 0 Å². The minimum atomic E-state index is 0.118. The van der Waals surface area contributed by atoms with E-state index < -0.39 is 0 Å². The minimum Gasteiger partial charge on any atom is -0.468 e. The molecule has 0 aliphatic heterocycles. The molecule has 0 saturated heterocycles. The summed E-state index contributed by atoms with van der Waals surface area (Å²) >= 11 is 0. The van der Waals surface area contributed by atoms with Gasteiger partial charge in [0.05, 0.1) is 12.8 Å². The minimum absolute atomic E-state index is 0.118. The van der Waals surface area contributed by atoms with Crippen LogP contribution in [0.2, 0.25) is 0 Å². The molecule has 2 heterocycles. The Morgan fingerprint density at radius 3 is 2.96 bits per heavy atom. The third kappa shape index (κ3) is 3.92. The van der Waals surface area contributed by atoms with Crippen molar-refractivity contribution >= 4 is 0 Å². The van der Waals surface area contributed by atoms with Gasteiger partial charge in [0.1, 0.15) is 5.76 Å². The van der Waals surface area contributed by atoms with Crippen molar-refractivity contribution in [2.45, 2.75) is 38.4 Å². The van der Waals surface area contributed by atoms with Gasteiger partial charge < -0.3 is 19.2 Å². The van der Waals surface area contributed by atoms with E-state index in [2.05, 4.69) is 10.2 Å². The van der Waals surface area contributed by atoms with E-state index >= 15 is 0 Å². The maximum absolute atomic E-state index is 12.2. The van der Waals surface area contributed by atoms with E-state index in [1.54, 1.807) is 12.3 Å². The predicted octanol–water partition coefficient (Wildman–Crippen LogP) is 1.65. The Balaban J connectivity index is 1.68. The lowest BCUT2D eigenvalue weighted by Gasteiger charge is -2.28. The molecule has 1 N–H and O–H groups in total. The zero-order chi connectivity index (χ0) is 16.2. The zero-order valence-electron chi connectivity index (χ0n) is 13.9. The summed E-state index contributed by atoms with van der Waals surface area (Å²) in [6, 6.07) is 8.06. The van der Waals surface area contributed by atoms with Gasteiger partial charge in [-0.05, 0) is 51.1 Å². The van der Waals surface area contributed by atoms with Gasteiger partial charge in [-0.25, -0.2) is 0 Å². The van der Waals surface area contributed by atoms with Crippen LogP contribution in [0.25, 0.3) is 0 Å². The Labute approximate surface area is 136 Å². The van der Waals surface area contributed by atoms with E-state index in [-0.39, 0.29) is 5.56 Å². The van der Waals surface area contributed by atoms with Crippen LogP contribution in [-0.4, -0.2) is 36.1 Å². The fourth-order valence-electron chi connectivity index (χ4n) is 3.20. The van der Waals surface area contributed by atoms with Crippen LogP contribution in [-0.2, 0) is 25.9 Å². The average Bonchev–Trinajstić information content (AvgIpc) is 3.05. The second-order valence-corrected chi connectivity index (χ2v) is 6.50. The number of likely N-dealkylation sites (N-methyl/N-ethyl adjacent to an activating group) is 1. The highest BCUT2D eigenvalue weighted by Crippen LogP contribution is 2.20. The first-order valence-corrected chi connectivity index (χ1v) is 8.25. The summed E-state index contributed by atoms with van der Waals surface area (Å²) in [5.41, 5.74) is 2.63. The van der Waals surface area contributed by atoms with E-state index in [0.29, 0.717) is 6.04 Å². The molecule has 0 bridgehead atoms. The molecule has 23 heavy (non-hydrogen) atoms. The Hall–Kier alpha value is -1.85. The van der Waals surface area contributed by atoms with Crippen LogP contribution in [0.15, 0.2) is 39.7 Å². The van der Waals surface area contributed by atoms with E-state index in [9.17, 15) is 4.79 Å². The molecule has 0 fully saturated rings. The first kappa shape index (κ1) is 16.0. The van der Waals surface area contributed by atoms with Crippen molar-refractivity contribution < 1.29 is 4.42 Å². The highest BCUT2D eigenvalue weighted by atomic mass is 16.3. The molecule has 0 amide bonds. The van der Waals surface area contributed by atoms with Gasteiger partial charge in [-0.15, -0.1) is 0 Å². The summed E-state index contributed by atoms with van der Waals surface area (Å²) in [4.78, 5) is 14.3. The van der Waals surface area contributed by atoms with Crippen molar-refractivity contribution in [3.05, 3.63) is 57.9 Å². The van der Waals surface area contributed by atoms with E-state index in [1.165, 1.54) is 11.3 Å². The number of nitrogens with one attached hydrogen (secondary N) is 1. The van der Waals surface area contributed by atoms with Gasteiger partial charge in [0.25, 0.3) is 5.56 Å². The lowest BCUT2D eigenvalue weighted by atomic mass is 9.91. The van der Waals surface area contributed by atoms with Crippen LogP contribution in [0.5, 0.6) is 0 Å². The number of hydrogen-bond donors (Lipinski definition) is 1. The van der Waals surface area contributed by atoms with Crippen molar-refractivity contribution in [2.75, 3.05) is 20.6 Å². The molecule has 1 aliphatic rings. The van der Waals surface area contributed by atoms with Gasteiger partial charge >= 0.3 is 0 Å². The van der Waals surface area contributed by atoms with Crippen molar-refractivity contribution in [2.24, 2.45) is 0 Å². The van der Waals surface area contributed by atoms with E-state index in [0.717, 1.165) is 44.7 Å². The van der Waals surface area contributed by atoms with Crippen LogP contribution < -0.4 is 10.9 Å². The van der Waals surface area contributed by atoms with Gasteiger partial charge in [0.15, 0.2) is 0 Å². The molecule has 0 saturated carbocycles. The number of fused-ring (bicyclic) bond motifs is 1. The molecule has 1 aliphatic carbocycles. The number of pyridine rings is 1.